The van der Waals surface area contributed by atoms with Crippen LogP contribution in [0, 0.1) is 0 Å². The Balaban J connectivity index is 1.42. The van der Waals surface area contributed by atoms with Crippen molar-refractivity contribution in [3.63, 3.8) is 0 Å². The van der Waals surface area contributed by atoms with E-state index in [2.05, 4.69) is 5.32 Å². The van der Waals surface area contributed by atoms with Gasteiger partial charge in [-0.3, -0.25) is 0 Å². The van der Waals surface area contributed by atoms with Gasteiger partial charge in [0, 0.05) is 32.5 Å². The van der Waals surface area contributed by atoms with Crippen molar-refractivity contribution in [3.8, 4) is 0 Å². The monoisotopic (exact) mass is 369 g/mol. The molecule has 2 heterocycles. The lowest BCUT2D eigenvalue weighted by atomic mass is 10.0. The van der Waals surface area contributed by atoms with Crippen LogP contribution in [-0.2, 0) is 25.9 Å². The summed E-state index contributed by atoms with van der Waals surface area (Å²) >= 11 is 0. The first-order chi connectivity index (χ1) is 11.9. The maximum Gasteiger partial charge on any atom is 0.317 e. The predicted octanol–water partition coefficient (Wildman–Crippen LogP) is 0.425. The molecule has 1 spiro atoms. The lowest BCUT2D eigenvalue weighted by molar-refractivity contribution is -0.181. The highest BCUT2D eigenvalue weighted by molar-refractivity contribution is 7.89. The van der Waals surface area contributed by atoms with E-state index < -0.39 is 15.8 Å². The SMILES string of the molecule is NS(=O)(=O)c1ccc(CCNC(=O)N2CCC3(CC2)OCCO3)cc1. The van der Waals surface area contributed by atoms with E-state index in [4.69, 9.17) is 14.6 Å². The van der Waals surface area contributed by atoms with Crippen LogP contribution in [0.2, 0.25) is 0 Å². The van der Waals surface area contributed by atoms with E-state index >= 15 is 0 Å². The molecule has 0 radical (unpaired) electrons. The van der Waals surface area contributed by atoms with E-state index in [-0.39, 0.29) is 10.9 Å². The Labute approximate surface area is 147 Å². The smallest absolute Gasteiger partial charge is 0.317 e. The summed E-state index contributed by atoms with van der Waals surface area (Å²) in [4.78, 5) is 14.1. The Kier molecular flexibility index (Phi) is 5.28. The fourth-order valence-corrected chi connectivity index (χ4v) is 3.62. The average Bonchev–Trinajstić information content (AvgIpc) is 3.03. The number of nitrogens with two attached hydrogens (primary N) is 1. The molecular formula is C16H23N3O5S. The van der Waals surface area contributed by atoms with Crippen molar-refractivity contribution >= 4 is 16.1 Å². The van der Waals surface area contributed by atoms with E-state index in [0.29, 0.717) is 52.1 Å². The first kappa shape index (κ1) is 18.1. The van der Waals surface area contributed by atoms with Gasteiger partial charge < -0.3 is 19.7 Å². The molecule has 3 N–H and O–H groups in total. The third-order valence-electron chi connectivity index (χ3n) is 4.57. The van der Waals surface area contributed by atoms with E-state index in [1.165, 1.54) is 12.1 Å². The summed E-state index contributed by atoms with van der Waals surface area (Å²) in [7, 11) is -3.67. The number of rotatable bonds is 4. The summed E-state index contributed by atoms with van der Waals surface area (Å²) in [6, 6.07) is 6.24. The molecule has 0 unspecified atom stereocenters. The van der Waals surface area contributed by atoms with Crippen LogP contribution in [-0.4, -0.2) is 58.0 Å². The van der Waals surface area contributed by atoms with Gasteiger partial charge in [-0.05, 0) is 24.1 Å². The zero-order valence-electron chi connectivity index (χ0n) is 13.9. The zero-order valence-corrected chi connectivity index (χ0v) is 14.8. The lowest BCUT2D eigenvalue weighted by Gasteiger charge is -2.37. The van der Waals surface area contributed by atoms with E-state index in [9.17, 15) is 13.2 Å². The molecule has 2 saturated heterocycles. The summed E-state index contributed by atoms with van der Waals surface area (Å²) in [5.74, 6) is -0.484. The molecule has 2 aliphatic rings. The number of piperidine rings is 1. The maximum absolute atomic E-state index is 12.2. The van der Waals surface area contributed by atoms with Gasteiger partial charge in [-0.25, -0.2) is 18.4 Å². The minimum Gasteiger partial charge on any atom is -0.347 e. The molecule has 0 aromatic heterocycles. The van der Waals surface area contributed by atoms with Crippen LogP contribution in [0.4, 0.5) is 4.79 Å². The Morgan fingerprint density at radius 2 is 1.76 bits per heavy atom. The minimum atomic E-state index is -3.67. The van der Waals surface area contributed by atoms with E-state index in [1.54, 1.807) is 17.0 Å². The number of sulfonamides is 1. The van der Waals surface area contributed by atoms with Crippen LogP contribution in [0.3, 0.4) is 0 Å². The third-order valence-corrected chi connectivity index (χ3v) is 5.50. The van der Waals surface area contributed by atoms with Gasteiger partial charge in [-0.1, -0.05) is 12.1 Å². The van der Waals surface area contributed by atoms with Gasteiger partial charge in [0.25, 0.3) is 0 Å². The largest absolute Gasteiger partial charge is 0.347 e. The standard InChI is InChI=1S/C16H23N3O5S/c17-25(21,22)14-3-1-13(2-4-14)5-8-18-15(20)19-9-6-16(7-10-19)23-11-12-24-16/h1-4H,5-12H2,(H,18,20)(H2,17,21,22). The van der Waals surface area contributed by atoms with Gasteiger partial charge in [0.05, 0.1) is 18.1 Å². The molecule has 1 aromatic rings. The van der Waals surface area contributed by atoms with Gasteiger partial charge in [0.15, 0.2) is 5.79 Å². The second-order valence-corrected chi connectivity index (χ2v) is 7.83. The van der Waals surface area contributed by atoms with E-state index in [1.807, 2.05) is 0 Å². The number of primary sulfonamides is 1. The van der Waals surface area contributed by atoms with Crippen LogP contribution in [0.5, 0.6) is 0 Å². The molecule has 0 bridgehead atoms. The van der Waals surface area contributed by atoms with Crippen molar-refractivity contribution in [3.05, 3.63) is 29.8 Å². The maximum atomic E-state index is 12.2. The minimum absolute atomic E-state index is 0.0823. The van der Waals surface area contributed by atoms with Crippen LogP contribution >= 0.6 is 0 Å². The van der Waals surface area contributed by atoms with Crippen molar-refractivity contribution in [1.82, 2.24) is 10.2 Å². The molecule has 9 heteroatoms. The molecule has 0 aliphatic carbocycles. The normalized spacial score (nSPS) is 20.0. The summed E-state index contributed by atoms with van der Waals surface area (Å²) < 4.78 is 33.7. The topological polar surface area (TPSA) is 111 Å². The summed E-state index contributed by atoms with van der Waals surface area (Å²) in [5.41, 5.74) is 0.929. The molecule has 25 heavy (non-hydrogen) atoms. The number of benzene rings is 1. The van der Waals surface area contributed by atoms with Crippen molar-refractivity contribution in [2.24, 2.45) is 5.14 Å². The van der Waals surface area contributed by atoms with Crippen molar-refractivity contribution in [1.29, 1.82) is 0 Å². The molecular weight excluding hydrogens is 346 g/mol. The Bertz CT molecular complexity index is 704. The lowest BCUT2D eigenvalue weighted by Crippen LogP contribution is -2.50. The number of carbonyl (C=O) groups excluding carboxylic acids is 1. The number of hydrogen-bond donors (Lipinski definition) is 2. The summed E-state index contributed by atoms with van der Waals surface area (Å²) in [5, 5.41) is 7.95. The molecule has 2 aliphatic heterocycles. The number of carbonyl (C=O) groups is 1. The number of hydrogen-bond acceptors (Lipinski definition) is 5. The van der Waals surface area contributed by atoms with Crippen molar-refractivity contribution in [2.75, 3.05) is 32.8 Å². The first-order valence-electron chi connectivity index (χ1n) is 8.30. The highest BCUT2D eigenvalue weighted by atomic mass is 32.2. The number of urea groups is 1. The van der Waals surface area contributed by atoms with E-state index in [0.717, 1.165) is 5.56 Å². The number of nitrogens with zero attached hydrogens (tertiary/aromatic N) is 1. The van der Waals surface area contributed by atoms with Crippen LogP contribution in [0.15, 0.2) is 29.2 Å². The van der Waals surface area contributed by atoms with Gasteiger partial charge >= 0.3 is 6.03 Å². The fraction of sp³-hybridized carbons (Fsp3) is 0.562. The third kappa shape index (κ3) is 4.49. The average molecular weight is 369 g/mol. The number of nitrogens with one attached hydrogen (secondary N) is 1. The molecule has 0 saturated carbocycles. The molecule has 138 valence electrons. The highest BCUT2D eigenvalue weighted by Crippen LogP contribution is 2.31. The molecule has 2 amide bonds. The molecule has 3 rings (SSSR count). The Morgan fingerprint density at radius 3 is 2.32 bits per heavy atom. The second-order valence-electron chi connectivity index (χ2n) is 6.27. The summed E-state index contributed by atoms with van der Waals surface area (Å²) in [6.07, 6.45) is 1.99. The number of amides is 2. The first-order valence-corrected chi connectivity index (χ1v) is 9.85. The van der Waals surface area contributed by atoms with Gasteiger partial charge in [-0.15, -0.1) is 0 Å². The van der Waals surface area contributed by atoms with Crippen LogP contribution in [0.25, 0.3) is 0 Å². The molecule has 0 atom stereocenters. The van der Waals surface area contributed by atoms with Crippen LogP contribution in [0.1, 0.15) is 18.4 Å². The zero-order chi connectivity index (χ0) is 17.9. The Hall–Kier alpha value is -1.68. The highest BCUT2D eigenvalue weighted by Gasteiger charge is 2.40. The second kappa shape index (κ2) is 7.28. The number of ether oxygens (including phenoxy) is 2. The van der Waals surface area contributed by atoms with Crippen molar-refractivity contribution in [2.45, 2.75) is 29.9 Å². The van der Waals surface area contributed by atoms with Crippen molar-refractivity contribution < 1.29 is 22.7 Å². The number of likely N-dealkylation sites (tertiary alicyclic amines) is 1. The molecule has 1 aromatic carbocycles. The molecule has 8 nitrogen and oxygen atoms in total. The van der Waals surface area contributed by atoms with Gasteiger partial charge in [0.2, 0.25) is 10.0 Å². The van der Waals surface area contributed by atoms with Gasteiger partial charge in [0.1, 0.15) is 0 Å². The van der Waals surface area contributed by atoms with Gasteiger partial charge in [-0.2, -0.15) is 0 Å². The molecule has 2 fully saturated rings. The predicted molar refractivity (Wildman–Crippen MR) is 90.4 cm³/mol. The Morgan fingerprint density at radius 1 is 1.16 bits per heavy atom. The van der Waals surface area contributed by atoms with Crippen LogP contribution < -0.4 is 10.5 Å². The summed E-state index contributed by atoms with van der Waals surface area (Å²) in [6.45, 7) is 2.93. The quantitative estimate of drug-likeness (QED) is 0.799. The fourth-order valence-electron chi connectivity index (χ4n) is 3.11.